The summed E-state index contributed by atoms with van der Waals surface area (Å²) < 4.78 is 68.0. The number of ether oxygens (including phenoxy) is 11. The second-order valence-corrected chi connectivity index (χ2v) is 25.9. The van der Waals surface area contributed by atoms with Crippen LogP contribution < -0.4 is 5.32 Å². The van der Waals surface area contributed by atoms with Crippen LogP contribution in [0.2, 0.25) is 0 Å². The molecule has 1 spiro atoms. The Labute approximate surface area is 491 Å². The summed E-state index contributed by atoms with van der Waals surface area (Å²) in [5, 5.41) is 72.9. The molecule has 23 heteroatoms. The van der Waals surface area contributed by atoms with Crippen molar-refractivity contribution in [3.05, 3.63) is 68.5 Å². The fourth-order valence-corrected chi connectivity index (χ4v) is 15.8. The van der Waals surface area contributed by atoms with Crippen molar-refractivity contribution >= 4 is 17.8 Å². The Balaban J connectivity index is 1.01. The van der Waals surface area contributed by atoms with Crippen molar-refractivity contribution in [2.75, 3.05) is 20.8 Å². The molecule has 1 saturated carbocycles. The van der Waals surface area contributed by atoms with Gasteiger partial charge in [-0.1, -0.05) is 63.6 Å². The monoisotopic (exact) mass is 1190 g/mol. The summed E-state index contributed by atoms with van der Waals surface area (Å²) in [4.78, 5) is 55.1. The molecular weight excluding hydrogens is 1100 g/mol. The number of hydrogen-bond donors (Lipinski definition) is 6. The van der Waals surface area contributed by atoms with Crippen molar-refractivity contribution in [1.82, 2.24) is 5.32 Å². The van der Waals surface area contributed by atoms with Gasteiger partial charge in [0.25, 0.3) is 0 Å². The number of alkyl carbamates (subject to hydrolysis) is 1. The largest absolute Gasteiger partial charge is 0.511 e. The maximum atomic E-state index is 15.6. The van der Waals surface area contributed by atoms with Crippen LogP contribution in [0.5, 0.6) is 0 Å². The van der Waals surface area contributed by atoms with Gasteiger partial charge in [0.05, 0.1) is 75.1 Å². The molecule has 27 atom stereocenters. The Morgan fingerprint density at radius 3 is 2.01 bits per heavy atom. The minimum atomic E-state index is -1.82. The first-order chi connectivity index (χ1) is 39.6. The third-order valence-electron chi connectivity index (χ3n) is 20.3. The number of nitro groups is 1. The van der Waals surface area contributed by atoms with Gasteiger partial charge in [0.1, 0.15) is 35.7 Å². The van der Waals surface area contributed by atoms with Crippen LogP contribution in [0.25, 0.3) is 0 Å². The van der Waals surface area contributed by atoms with Crippen LogP contribution >= 0.6 is 0 Å². The number of aliphatic hydroxyl groups is 5. The standard InChI is InChI=1S/C61H90N2O21/c1-27-14-17-42(80-47-25-59(10,63(72)73)54(35(9)79-47)62-58(71)75-13)28(2)19-37-20-36(26-64)31(5)24-61(37)56(69)48(57(70)84-61)55(68)60(11)39(27)16-15-38-49(60)29(3)18-30(4)51(38)82-46-23-43(50(67)32(6)76-46)81-44-22-41(66)53(34(8)78-44)83-45-21-40(65)52(74-12)33(7)77-45/h14-16,19-20,29-35,37-47,49-54,64-68H,17-18,21-26H2,1-13H3,(H,62,71)/b27-14+,28-19+,55-48?/t29-,30-,31+,32-,33-,34-,35+,37+,38-,39-,40+,41+,42-,43+,44-,45+,46-,47-,49+,50-,51-,52-,53-,54-,59-,60+,61-/m0/s1. The molecule has 84 heavy (non-hydrogen) atoms. The molecule has 5 aliphatic heterocycles. The van der Waals surface area contributed by atoms with Crippen molar-refractivity contribution in [3.63, 3.8) is 0 Å². The lowest BCUT2D eigenvalue weighted by atomic mass is 9.49. The van der Waals surface area contributed by atoms with Crippen LogP contribution in [0.3, 0.4) is 0 Å². The zero-order chi connectivity index (χ0) is 61.2. The molecule has 9 rings (SSSR count). The Bertz CT molecular complexity index is 2600. The second kappa shape index (κ2) is 25.1. The Morgan fingerprint density at radius 2 is 1.38 bits per heavy atom. The number of carbonyl (C=O) groups excluding carboxylic acids is 3. The van der Waals surface area contributed by atoms with E-state index < -0.39 is 185 Å². The molecule has 1 amide bonds. The summed E-state index contributed by atoms with van der Waals surface area (Å²) in [5.74, 6) is -5.10. The fraction of sp³-hybridized carbons (Fsp3) is 0.787. The molecule has 470 valence electrons. The number of amides is 1. The van der Waals surface area contributed by atoms with E-state index in [0.29, 0.717) is 17.6 Å². The summed E-state index contributed by atoms with van der Waals surface area (Å²) in [6, 6.07) is -1.08. The number of rotatable bonds is 12. The first-order valence-corrected chi connectivity index (χ1v) is 30.0. The number of nitrogens with zero attached hydrogens (tertiary/aromatic N) is 1. The molecule has 6 N–H and O–H groups in total. The van der Waals surface area contributed by atoms with Crippen LogP contribution in [0.15, 0.2) is 58.4 Å². The van der Waals surface area contributed by atoms with E-state index in [1.165, 1.54) is 21.1 Å². The highest BCUT2D eigenvalue weighted by atomic mass is 16.7. The van der Waals surface area contributed by atoms with Gasteiger partial charge in [-0.2, -0.15) is 0 Å². The van der Waals surface area contributed by atoms with E-state index in [0.717, 1.165) is 5.57 Å². The van der Waals surface area contributed by atoms with Gasteiger partial charge in [0.15, 0.2) is 30.8 Å². The molecule has 2 bridgehead atoms. The lowest BCUT2D eigenvalue weighted by Gasteiger charge is -2.56. The van der Waals surface area contributed by atoms with Crippen molar-refractivity contribution in [2.24, 2.45) is 46.8 Å². The van der Waals surface area contributed by atoms with Gasteiger partial charge >= 0.3 is 12.1 Å². The lowest BCUT2D eigenvalue weighted by molar-refractivity contribution is -0.584. The van der Waals surface area contributed by atoms with Crippen molar-refractivity contribution in [3.8, 4) is 0 Å². The Morgan fingerprint density at radius 1 is 0.762 bits per heavy atom. The average molecular weight is 1190 g/mol. The van der Waals surface area contributed by atoms with Crippen molar-refractivity contribution in [1.29, 1.82) is 0 Å². The van der Waals surface area contributed by atoms with E-state index in [9.17, 15) is 45.2 Å². The molecule has 0 radical (unpaired) electrons. The lowest BCUT2D eigenvalue weighted by Crippen LogP contribution is -2.65. The van der Waals surface area contributed by atoms with Gasteiger partial charge < -0.3 is 83.0 Å². The van der Waals surface area contributed by atoms with Crippen LogP contribution in [-0.4, -0.2) is 185 Å². The summed E-state index contributed by atoms with van der Waals surface area (Å²) in [6.45, 7) is 19.6. The van der Waals surface area contributed by atoms with Crippen molar-refractivity contribution in [2.45, 2.75) is 237 Å². The number of nitrogens with one attached hydrogen (secondary N) is 1. The highest BCUT2D eigenvalue weighted by Crippen LogP contribution is 2.61. The zero-order valence-electron chi connectivity index (χ0n) is 50.6. The topological polar surface area (TPSA) is 309 Å². The van der Waals surface area contributed by atoms with Gasteiger partial charge in [0.2, 0.25) is 11.3 Å². The Hall–Kier alpha value is -4.21. The molecule has 4 aliphatic carbocycles. The first kappa shape index (κ1) is 64.3. The fourth-order valence-electron chi connectivity index (χ4n) is 15.8. The number of hydrogen-bond acceptors (Lipinski definition) is 21. The second-order valence-electron chi connectivity index (χ2n) is 25.9. The van der Waals surface area contributed by atoms with Crippen LogP contribution in [0, 0.1) is 57.0 Å². The Kier molecular flexibility index (Phi) is 19.2. The summed E-state index contributed by atoms with van der Waals surface area (Å²) in [7, 11) is 2.67. The minimum absolute atomic E-state index is 0.00457. The summed E-state index contributed by atoms with van der Waals surface area (Å²) >= 11 is 0. The van der Waals surface area contributed by atoms with E-state index >= 15 is 4.79 Å². The maximum Gasteiger partial charge on any atom is 0.407 e. The smallest absolute Gasteiger partial charge is 0.407 e. The van der Waals surface area contributed by atoms with Gasteiger partial charge in [-0.15, -0.1) is 0 Å². The predicted octanol–water partition coefficient (Wildman–Crippen LogP) is 5.57. The quantitative estimate of drug-likeness (QED) is 0.0457. The normalized spacial score (nSPS) is 48.5. The molecule has 0 aromatic heterocycles. The molecule has 9 aliphatic rings. The highest BCUT2D eigenvalue weighted by molar-refractivity contribution is 6.26. The minimum Gasteiger partial charge on any atom is -0.511 e. The molecule has 23 nitrogen and oxygen atoms in total. The van der Waals surface area contributed by atoms with Crippen molar-refractivity contribution < 1.29 is 96.9 Å². The summed E-state index contributed by atoms with van der Waals surface area (Å²) in [6.07, 6.45) is -3.57. The molecule has 5 heterocycles. The van der Waals surface area contributed by atoms with Crippen LogP contribution in [0.1, 0.15) is 121 Å². The predicted molar refractivity (Wildman–Crippen MR) is 298 cm³/mol. The van der Waals surface area contributed by atoms with Gasteiger partial charge in [-0.05, 0) is 89.2 Å². The molecular formula is C61H90N2O21. The van der Waals surface area contributed by atoms with Gasteiger partial charge in [-0.25, -0.2) is 9.59 Å². The summed E-state index contributed by atoms with van der Waals surface area (Å²) in [5.41, 5.74) is -3.37. The number of Topliss-reactive ketones (excluding diaryl/α,β-unsaturated/α-hetero) is 1. The zero-order valence-corrected chi connectivity index (χ0v) is 50.6. The van der Waals surface area contributed by atoms with E-state index in [1.54, 1.807) is 46.8 Å². The average Bonchev–Trinajstić information content (AvgIpc) is 2.80. The number of carbonyl (C=O) groups is 3. The third-order valence-corrected chi connectivity index (χ3v) is 20.3. The van der Waals surface area contributed by atoms with E-state index in [1.807, 2.05) is 32.9 Å². The third kappa shape index (κ3) is 11.8. The molecule has 0 aromatic rings. The molecule has 0 unspecified atom stereocenters. The number of aliphatic hydroxyl groups excluding tert-OH is 5. The van der Waals surface area contributed by atoms with E-state index in [2.05, 4.69) is 25.2 Å². The number of esters is 1. The number of ketones is 1. The van der Waals surface area contributed by atoms with Gasteiger partial charge in [0, 0.05) is 67.8 Å². The maximum absolute atomic E-state index is 15.6. The van der Waals surface area contributed by atoms with Gasteiger partial charge in [-0.3, -0.25) is 14.9 Å². The number of fused-ring (bicyclic) bond motifs is 4. The molecule has 6 fully saturated rings. The van der Waals surface area contributed by atoms with Crippen LogP contribution in [0.4, 0.5) is 4.79 Å². The van der Waals surface area contributed by atoms with E-state index in [-0.39, 0.29) is 57.0 Å². The van der Waals surface area contributed by atoms with E-state index in [4.69, 9.17) is 52.1 Å². The molecule has 0 aromatic carbocycles. The number of methoxy groups -OCH3 is 2. The molecule has 5 saturated heterocycles. The SMILES string of the molecule is COC(=O)N[C@H]1[C@@H](C)O[C@@H](O[C@H]2C/C=C(\C)[C@@H]3C=C[C@@H]4[C@@H](O[C@H]5C[C@@H](O[C@H]6C[C@@H](O)[C@@H](O[C@@H]7C[C@@H](O)[C@@H](OC)[C@H](C)O7)[C@H](C)O6)[C@@H](O)[C@H](C)O5)[C@@H](C)C[C@H](C)[C@H]4[C@]3(C)C(O)=C3C(=O)O[C@]4(C[C@@H](C)C(CO)=C[C@H]4/C=C/2C)C3=O)C[C@]1(C)[N+](=O)[O-]. The van der Waals surface area contributed by atoms with Crippen LogP contribution in [-0.2, 0) is 61.7 Å². The highest BCUT2D eigenvalue weighted by Gasteiger charge is 2.64. The number of allylic oxidation sites excluding steroid dienone is 3. The first-order valence-electron chi connectivity index (χ1n) is 30.0.